The van der Waals surface area contributed by atoms with Gasteiger partial charge in [-0.05, 0) is 49.6 Å². The van der Waals surface area contributed by atoms with Crippen LogP contribution in [-0.4, -0.2) is 34.6 Å². The number of benzene rings is 2. The van der Waals surface area contributed by atoms with E-state index in [1.165, 1.54) is 11.8 Å². The molecule has 6 heteroatoms. The minimum atomic E-state index is -0.511. The van der Waals surface area contributed by atoms with Crippen LogP contribution in [0, 0.1) is 0 Å². The molecule has 2 aromatic rings. The van der Waals surface area contributed by atoms with E-state index in [4.69, 9.17) is 11.6 Å². The zero-order chi connectivity index (χ0) is 21.2. The zero-order valence-corrected chi connectivity index (χ0v) is 18.8. The molecule has 0 saturated carbocycles. The maximum atomic E-state index is 13.1. The summed E-state index contributed by atoms with van der Waals surface area (Å²) in [6, 6.07) is 16.8. The number of nitrogens with zero attached hydrogens (tertiary/aromatic N) is 1. The molecule has 0 aliphatic carbocycles. The molecule has 0 radical (unpaired) electrons. The number of halogens is 1. The van der Waals surface area contributed by atoms with Gasteiger partial charge in [0.1, 0.15) is 6.04 Å². The summed E-state index contributed by atoms with van der Waals surface area (Å²) in [5.41, 5.74) is 0.947. The molecule has 0 fully saturated rings. The summed E-state index contributed by atoms with van der Waals surface area (Å²) in [7, 11) is 0. The molecule has 4 nitrogen and oxygen atoms in total. The summed E-state index contributed by atoms with van der Waals surface area (Å²) in [6.45, 7) is 6.31. The fourth-order valence-corrected chi connectivity index (χ4v) is 3.82. The molecule has 0 aromatic heterocycles. The lowest BCUT2D eigenvalue weighted by Crippen LogP contribution is -2.51. The van der Waals surface area contributed by atoms with E-state index in [1.54, 1.807) is 17.0 Å². The largest absolute Gasteiger partial charge is 0.352 e. The van der Waals surface area contributed by atoms with E-state index in [0.29, 0.717) is 18.0 Å². The van der Waals surface area contributed by atoms with Crippen molar-refractivity contribution in [2.24, 2.45) is 0 Å². The third-order valence-electron chi connectivity index (χ3n) is 4.76. The highest BCUT2D eigenvalue weighted by molar-refractivity contribution is 8.00. The van der Waals surface area contributed by atoms with Gasteiger partial charge in [0.15, 0.2) is 0 Å². The maximum Gasteiger partial charge on any atom is 0.243 e. The highest BCUT2D eigenvalue weighted by atomic mass is 35.5. The summed E-state index contributed by atoms with van der Waals surface area (Å²) in [5.74, 6) is 0.124. The van der Waals surface area contributed by atoms with Gasteiger partial charge in [-0.2, -0.15) is 0 Å². The van der Waals surface area contributed by atoms with Gasteiger partial charge in [0.05, 0.1) is 5.75 Å². The number of carbonyl (C=O) groups excluding carboxylic acids is 2. The number of amides is 2. The van der Waals surface area contributed by atoms with Gasteiger partial charge in [0, 0.05) is 22.5 Å². The predicted molar refractivity (Wildman–Crippen MR) is 121 cm³/mol. The van der Waals surface area contributed by atoms with E-state index in [1.807, 2.05) is 63.2 Å². The second-order valence-corrected chi connectivity index (χ2v) is 8.48. The molecular formula is C23H29ClN2O2S. The Kier molecular flexibility index (Phi) is 9.55. The third kappa shape index (κ3) is 7.41. The SMILES string of the molecule is CCC(C)NC(=O)C(CC)N(Cc1ccc(Cl)cc1)C(=O)CSc1ccccc1. The molecule has 29 heavy (non-hydrogen) atoms. The highest BCUT2D eigenvalue weighted by Gasteiger charge is 2.29. The minimum absolute atomic E-state index is 0.0556. The van der Waals surface area contributed by atoms with Crippen LogP contribution in [0.4, 0.5) is 0 Å². The van der Waals surface area contributed by atoms with E-state index in [2.05, 4.69) is 5.32 Å². The first-order valence-corrected chi connectivity index (χ1v) is 11.3. The van der Waals surface area contributed by atoms with Crippen LogP contribution in [0.2, 0.25) is 5.02 Å². The monoisotopic (exact) mass is 432 g/mol. The van der Waals surface area contributed by atoms with E-state index < -0.39 is 6.04 Å². The summed E-state index contributed by atoms with van der Waals surface area (Å²) < 4.78 is 0. The highest BCUT2D eigenvalue weighted by Crippen LogP contribution is 2.21. The fraction of sp³-hybridized carbons (Fsp3) is 0.391. The van der Waals surface area contributed by atoms with Crippen molar-refractivity contribution in [2.75, 3.05) is 5.75 Å². The van der Waals surface area contributed by atoms with Crippen molar-refractivity contribution < 1.29 is 9.59 Å². The second kappa shape index (κ2) is 11.9. The van der Waals surface area contributed by atoms with Gasteiger partial charge < -0.3 is 10.2 Å². The Bertz CT molecular complexity index is 783. The van der Waals surface area contributed by atoms with Gasteiger partial charge in [0.25, 0.3) is 0 Å². The fourth-order valence-electron chi connectivity index (χ4n) is 2.89. The Morgan fingerprint density at radius 1 is 1.03 bits per heavy atom. The van der Waals surface area contributed by atoms with Crippen molar-refractivity contribution in [3.05, 3.63) is 65.2 Å². The van der Waals surface area contributed by atoms with Crippen molar-refractivity contribution in [2.45, 2.75) is 57.1 Å². The molecular weight excluding hydrogens is 404 g/mol. The number of nitrogens with one attached hydrogen (secondary N) is 1. The van der Waals surface area contributed by atoms with Crippen LogP contribution in [0.15, 0.2) is 59.5 Å². The normalized spacial score (nSPS) is 12.8. The number of thioether (sulfide) groups is 1. The molecule has 2 atom stereocenters. The molecule has 1 N–H and O–H groups in total. The molecule has 2 aromatic carbocycles. The third-order valence-corrected chi connectivity index (χ3v) is 6.01. The number of rotatable bonds is 10. The van der Waals surface area contributed by atoms with Crippen molar-refractivity contribution in [1.29, 1.82) is 0 Å². The molecule has 0 aliphatic heterocycles. The second-order valence-electron chi connectivity index (χ2n) is 6.99. The zero-order valence-electron chi connectivity index (χ0n) is 17.2. The molecule has 0 saturated heterocycles. The first kappa shape index (κ1) is 23.3. The number of carbonyl (C=O) groups is 2. The summed E-state index contributed by atoms with van der Waals surface area (Å²) in [4.78, 5) is 28.7. The lowest BCUT2D eigenvalue weighted by atomic mass is 10.1. The quantitative estimate of drug-likeness (QED) is 0.528. The lowest BCUT2D eigenvalue weighted by Gasteiger charge is -2.31. The topological polar surface area (TPSA) is 49.4 Å². The Morgan fingerprint density at radius 3 is 2.28 bits per heavy atom. The van der Waals surface area contributed by atoms with Crippen LogP contribution in [0.3, 0.4) is 0 Å². The van der Waals surface area contributed by atoms with Gasteiger partial charge in [-0.1, -0.05) is 55.8 Å². The summed E-state index contributed by atoms with van der Waals surface area (Å²) in [5, 5.41) is 3.67. The average Bonchev–Trinajstić information content (AvgIpc) is 2.73. The van der Waals surface area contributed by atoms with Crippen LogP contribution in [-0.2, 0) is 16.1 Å². The Morgan fingerprint density at radius 2 is 1.69 bits per heavy atom. The Balaban J connectivity index is 2.19. The molecule has 156 valence electrons. The average molecular weight is 433 g/mol. The Labute approximate surface area is 183 Å². The molecule has 2 amide bonds. The van der Waals surface area contributed by atoms with Gasteiger partial charge in [0.2, 0.25) is 11.8 Å². The Hall–Kier alpha value is -1.98. The molecule has 0 heterocycles. The molecule has 2 rings (SSSR count). The number of hydrogen-bond acceptors (Lipinski definition) is 3. The van der Waals surface area contributed by atoms with Crippen molar-refractivity contribution in [3.8, 4) is 0 Å². The minimum Gasteiger partial charge on any atom is -0.352 e. The van der Waals surface area contributed by atoms with Crippen LogP contribution < -0.4 is 5.32 Å². The molecule has 0 aliphatic rings. The summed E-state index contributed by atoms with van der Waals surface area (Å²) in [6.07, 6.45) is 1.40. The van der Waals surface area contributed by atoms with Gasteiger partial charge >= 0.3 is 0 Å². The van der Waals surface area contributed by atoms with Crippen LogP contribution >= 0.6 is 23.4 Å². The first-order chi connectivity index (χ1) is 13.9. The predicted octanol–water partition coefficient (Wildman–Crippen LogP) is 5.15. The van der Waals surface area contributed by atoms with E-state index in [-0.39, 0.29) is 23.6 Å². The van der Waals surface area contributed by atoms with Gasteiger partial charge in [-0.15, -0.1) is 11.8 Å². The maximum absolute atomic E-state index is 13.1. The standard InChI is InChI=1S/C23H29ClN2O2S/c1-4-17(3)25-23(28)21(5-2)26(15-18-11-13-19(24)14-12-18)22(27)16-29-20-9-7-6-8-10-20/h6-14,17,21H,4-5,15-16H2,1-3H3,(H,25,28). The lowest BCUT2D eigenvalue weighted by molar-refractivity contribution is -0.139. The van der Waals surface area contributed by atoms with Crippen molar-refractivity contribution in [1.82, 2.24) is 10.2 Å². The van der Waals surface area contributed by atoms with E-state index in [0.717, 1.165) is 16.9 Å². The van der Waals surface area contributed by atoms with E-state index >= 15 is 0 Å². The van der Waals surface area contributed by atoms with Crippen LogP contribution in [0.1, 0.15) is 39.2 Å². The summed E-state index contributed by atoms with van der Waals surface area (Å²) >= 11 is 7.48. The number of hydrogen-bond donors (Lipinski definition) is 1. The molecule has 0 spiro atoms. The van der Waals surface area contributed by atoms with Crippen molar-refractivity contribution in [3.63, 3.8) is 0 Å². The van der Waals surface area contributed by atoms with Gasteiger partial charge in [-0.25, -0.2) is 0 Å². The first-order valence-electron chi connectivity index (χ1n) is 9.96. The van der Waals surface area contributed by atoms with Crippen LogP contribution in [0.25, 0.3) is 0 Å². The smallest absolute Gasteiger partial charge is 0.243 e. The van der Waals surface area contributed by atoms with Gasteiger partial charge in [-0.3, -0.25) is 9.59 Å². The van der Waals surface area contributed by atoms with Crippen LogP contribution in [0.5, 0.6) is 0 Å². The van der Waals surface area contributed by atoms with E-state index in [9.17, 15) is 9.59 Å². The molecule has 2 unspecified atom stereocenters. The van der Waals surface area contributed by atoms with Crippen molar-refractivity contribution >= 4 is 35.2 Å². The molecule has 0 bridgehead atoms.